The SMILES string of the molecule is C1=Cc2c(oc3cc(N(c4ccc(C5(c6ccccc6)c6ccccc6-c6ccccc65)cc4)c4ccccc4-c4cccc5cccc(-c6ccccc6)c45)ccc23)CC1. The Hall–Kier alpha value is -7.68. The molecule has 1 heterocycles. The second-order valence-electron chi connectivity index (χ2n) is 16.2. The molecule has 61 heavy (non-hydrogen) atoms. The van der Waals surface area contributed by atoms with Crippen LogP contribution in [0.1, 0.15) is 40.0 Å². The van der Waals surface area contributed by atoms with Crippen molar-refractivity contribution in [3.05, 3.63) is 252 Å². The van der Waals surface area contributed by atoms with Gasteiger partial charge in [-0.15, -0.1) is 0 Å². The quantitative estimate of drug-likeness (QED) is 0.160. The summed E-state index contributed by atoms with van der Waals surface area (Å²) in [5, 5.41) is 3.61. The van der Waals surface area contributed by atoms with E-state index in [9.17, 15) is 0 Å². The van der Waals surface area contributed by atoms with Gasteiger partial charge in [0.1, 0.15) is 11.3 Å². The molecule has 0 fully saturated rings. The van der Waals surface area contributed by atoms with Gasteiger partial charge in [0.15, 0.2) is 0 Å². The van der Waals surface area contributed by atoms with Crippen molar-refractivity contribution in [1.29, 1.82) is 0 Å². The van der Waals surface area contributed by atoms with E-state index in [0.717, 1.165) is 52.2 Å². The van der Waals surface area contributed by atoms with Gasteiger partial charge in [0.05, 0.1) is 11.1 Å². The van der Waals surface area contributed by atoms with E-state index in [2.05, 4.69) is 229 Å². The summed E-state index contributed by atoms with van der Waals surface area (Å²) in [5.74, 6) is 1.07. The predicted octanol–water partition coefficient (Wildman–Crippen LogP) is 15.7. The third-order valence-electron chi connectivity index (χ3n) is 13.0. The summed E-state index contributed by atoms with van der Waals surface area (Å²) in [7, 11) is 0. The smallest absolute Gasteiger partial charge is 0.137 e. The Morgan fingerprint density at radius 1 is 0.459 bits per heavy atom. The lowest BCUT2D eigenvalue weighted by Gasteiger charge is -2.34. The van der Waals surface area contributed by atoms with Gasteiger partial charge in [-0.1, -0.05) is 188 Å². The fraction of sp³-hybridized carbons (Fsp3) is 0.0508. The van der Waals surface area contributed by atoms with Crippen molar-refractivity contribution >= 4 is 44.9 Å². The van der Waals surface area contributed by atoms with Crippen LogP contribution in [0.2, 0.25) is 0 Å². The van der Waals surface area contributed by atoms with Gasteiger partial charge in [0, 0.05) is 40.4 Å². The zero-order valence-corrected chi connectivity index (χ0v) is 33.6. The van der Waals surface area contributed by atoms with Crippen molar-refractivity contribution in [2.75, 3.05) is 4.90 Å². The number of rotatable bonds is 7. The van der Waals surface area contributed by atoms with E-state index in [1.165, 1.54) is 66.4 Å². The summed E-state index contributed by atoms with van der Waals surface area (Å²) in [6.45, 7) is 0. The number of nitrogens with zero attached hydrogens (tertiary/aromatic N) is 1. The minimum Gasteiger partial charge on any atom is -0.460 e. The normalized spacial score (nSPS) is 13.5. The summed E-state index contributed by atoms with van der Waals surface area (Å²) in [4.78, 5) is 2.42. The number of anilines is 3. The fourth-order valence-corrected chi connectivity index (χ4v) is 10.4. The minimum absolute atomic E-state index is 0.480. The number of hydrogen-bond donors (Lipinski definition) is 0. The minimum atomic E-state index is -0.480. The Morgan fingerprint density at radius 3 is 1.79 bits per heavy atom. The first-order valence-electron chi connectivity index (χ1n) is 21.3. The molecule has 288 valence electrons. The van der Waals surface area contributed by atoms with Crippen LogP contribution in [-0.4, -0.2) is 0 Å². The third-order valence-corrected chi connectivity index (χ3v) is 13.0. The Kier molecular flexibility index (Phi) is 8.24. The highest BCUT2D eigenvalue weighted by atomic mass is 16.3. The van der Waals surface area contributed by atoms with Gasteiger partial charge in [0.25, 0.3) is 0 Å². The molecular formula is C59H41NO. The number of para-hydroxylation sites is 1. The van der Waals surface area contributed by atoms with Gasteiger partial charge in [-0.3, -0.25) is 0 Å². The van der Waals surface area contributed by atoms with E-state index in [1.54, 1.807) is 0 Å². The highest BCUT2D eigenvalue weighted by Crippen LogP contribution is 2.56. The topological polar surface area (TPSA) is 16.4 Å². The molecule has 12 rings (SSSR count). The predicted molar refractivity (Wildman–Crippen MR) is 254 cm³/mol. The largest absolute Gasteiger partial charge is 0.460 e. The van der Waals surface area contributed by atoms with Crippen LogP contribution in [0.25, 0.3) is 61.2 Å². The maximum atomic E-state index is 6.63. The molecule has 0 atom stereocenters. The monoisotopic (exact) mass is 779 g/mol. The molecule has 0 saturated heterocycles. The Balaban J connectivity index is 1.09. The zero-order valence-electron chi connectivity index (χ0n) is 33.6. The summed E-state index contributed by atoms with van der Waals surface area (Å²) in [5.41, 5.74) is 17.3. The second-order valence-corrected chi connectivity index (χ2v) is 16.2. The molecule has 10 aromatic rings. The number of allylic oxidation sites excluding steroid dienone is 1. The van der Waals surface area contributed by atoms with Gasteiger partial charge < -0.3 is 9.32 Å². The molecule has 2 heteroatoms. The number of aryl methyl sites for hydroxylation is 1. The van der Waals surface area contributed by atoms with Crippen LogP contribution in [0.4, 0.5) is 17.1 Å². The zero-order chi connectivity index (χ0) is 40.3. The van der Waals surface area contributed by atoms with Crippen molar-refractivity contribution in [1.82, 2.24) is 0 Å². The number of benzene rings is 9. The van der Waals surface area contributed by atoms with E-state index in [0.29, 0.717) is 0 Å². The lowest BCUT2D eigenvalue weighted by Crippen LogP contribution is -2.28. The van der Waals surface area contributed by atoms with Crippen molar-refractivity contribution in [2.24, 2.45) is 0 Å². The van der Waals surface area contributed by atoms with E-state index in [4.69, 9.17) is 4.42 Å². The summed E-state index contributed by atoms with van der Waals surface area (Å²) >= 11 is 0. The number of hydrogen-bond acceptors (Lipinski definition) is 2. The highest BCUT2D eigenvalue weighted by molar-refractivity contribution is 6.09. The van der Waals surface area contributed by atoms with Crippen molar-refractivity contribution in [2.45, 2.75) is 18.3 Å². The first-order valence-corrected chi connectivity index (χ1v) is 21.3. The number of furan rings is 1. The third kappa shape index (κ3) is 5.49. The maximum absolute atomic E-state index is 6.63. The van der Waals surface area contributed by atoms with Crippen LogP contribution in [0.5, 0.6) is 0 Å². The summed E-state index contributed by atoms with van der Waals surface area (Å²) < 4.78 is 6.63. The van der Waals surface area contributed by atoms with Crippen LogP contribution in [0.15, 0.2) is 223 Å². The van der Waals surface area contributed by atoms with E-state index in [1.807, 2.05) is 0 Å². The van der Waals surface area contributed by atoms with Crippen LogP contribution in [-0.2, 0) is 11.8 Å². The maximum Gasteiger partial charge on any atom is 0.137 e. The van der Waals surface area contributed by atoms with Gasteiger partial charge >= 0.3 is 0 Å². The lowest BCUT2D eigenvalue weighted by molar-refractivity contribution is 0.546. The highest BCUT2D eigenvalue weighted by Gasteiger charge is 2.45. The molecule has 0 unspecified atom stereocenters. The molecule has 9 aromatic carbocycles. The van der Waals surface area contributed by atoms with Crippen LogP contribution in [0, 0.1) is 0 Å². The summed E-state index contributed by atoms with van der Waals surface area (Å²) in [6.07, 6.45) is 6.40. The van der Waals surface area contributed by atoms with Gasteiger partial charge in [0.2, 0.25) is 0 Å². The molecule has 0 spiro atoms. The molecule has 0 N–H and O–H groups in total. The van der Waals surface area contributed by atoms with Crippen LogP contribution >= 0.6 is 0 Å². The molecule has 0 saturated carbocycles. The second kappa shape index (κ2) is 14.3. The summed E-state index contributed by atoms with van der Waals surface area (Å²) in [6, 6.07) is 78.0. The molecule has 0 aliphatic heterocycles. The molecule has 1 aromatic heterocycles. The average Bonchev–Trinajstić information content (AvgIpc) is 3.86. The lowest BCUT2D eigenvalue weighted by atomic mass is 9.68. The Labute approximate surface area is 356 Å². The van der Waals surface area contributed by atoms with Crippen LogP contribution < -0.4 is 4.90 Å². The molecular weight excluding hydrogens is 739 g/mol. The fourth-order valence-electron chi connectivity index (χ4n) is 10.4. The van der Waals surface area contributed by atoms with Gasteiger partial charge in [-0.2, -0.15) is 0 Å². The molecule has 0 bridgehead atoms. The van der Waals surface area contributed by atoms with Crippen molar-refractivity contribution < 1.29 is 4.42 Å². The Morgan fingerprint density at radius 2 is 1.05 bits per heavy atom. The Bertz CT molecular complexity index is 3250. The van der Waals surface area contributed by atoms with Crippen molar-refractivity contribution in [3.63, 3.8) is 0 Å². The molecule has 2 aliphatic rings. The first-order chi connectivity index (χ1) is 30.3. The average molecular weight is 780 g/mol. The molecule has 0 amide bonds. The van der Waals surface area contributed by atoms with Gasteiger partial charge in [-0.05, 0) is 97.6 Å². The molecule has 0 radical (unpaired) electrons. The van der Waals surface area contributed by atoms with Crippen molar-refractivity contribution in [3.8, 4) is 33.4 Å². The first kappa shape index (κ1) is 35.3. The van der Waals surface area contributed by atoms with E-state index < -0.39 is 5.41 Å². The molecule has 2 aliphatic carbocycles. The van der Waals surface area contributed by atoms with Crippen LogP contribution in [0.3, 0.4) is 0 Å². The number of fused-ring (bicyclic) bond motifs is 7. The van der Waals surface area contributed by atoms with E-state index in [-0.39, 0.29) is 0 Å². The standard InChI is InChI=1S/C59H41NO/c1-3-17-40(18-4-1)46-27-15-19-41-20-16-28-52(58(41)46)49-25-9-13-31-55(49)60(45-37-38-51-50-26-10-14-32-56(50)61-57(51)39-45)44-35-33-43(34-36-44)59(42-21-5-2-6-22-42)53-29-11-7-23-47(53)48-24-8-12-30-54(48)59/h1-13,15-31,33-39H,14,32H2. The van der Waals surface area contributed by atoms with Gasteiger partial charge in [-0.25, -0.2) is 0 Å². The molecule has 2 nitrogen and oxygen atoms in total. The van der Waals surface area contributed by atoms with E-state index >= 15 is 0 Å².